The van der Waals surface area contributed by atoms with Crippen LogP contribution in [0, 0.1) is 18.7 Å². The Morgan fingerprint density at radius 1 is 1.53 bits per heavy atom. The van der Waals surface area contributed by atoms with E-state index >= 15 is 0 Å². The maximum Gasteiger partial charge on any atom is 0.224 e. The summed E-state index contributed by atoms with van der Waals surface area (Å²) < 4.78 is 13.4. The van der Waals surface area contributed by atoms with Crippen molar-refractivity contribution in [3.8, 4) is 0 Å². The van der Waals surface area contributed by atoms with Gasteiger partial charge in [0, 0.05) is 6.42 Å². The SMILES string of the molecule is Cc1cccc(F)c1NC(=O)CCC(C)CN. The molecule has 1 atom stereocenters. The standard InChI is InChI=1S/C13H19FN2O/c1-9(8-15)6-7-12(17)16-13-10(2)4-3-5-11(13)14/h3-5,9H,6-8,15H2,1-2H3,(H,16,17). The number of benzene rings is 1. The number of carbonyl (C=O) groups is 1. The van der Waals surface area contributed by atoms with Crippen LogP contribution < -0.4 is 11.1 Å². The summed E-state index contributed by atoms with van der Waals surface area (Å²) in [6.07, 6.45) is 1.09. The summed E-state index contributed by atoms with van der Waals surface area (Å²) in [5.74, 6) is -0.258. The van der Waals surface area contributed by atoms with Crippen molar-refractivity contribution in [2.24, 2.45) is 11.7 Å². The monoisotopic (exact) mass is 238 g/mol. The van der Waals surface area contributed by atoms with Gasteiger partial charge in [-0.2, -0.15) is 0 Å². The van der Waals surface area contributed by atoms with Gasteiger partial charge in [0.25, 0.3) is 0 Å². The summed E-state index contributed by atoms with van der Waals surface area (Å²) in [5.41, 5.74) is 6.47. The molecule has 0 aliphatic carbocycles. The van der Waals surface area contributed by atoms with Gasteiger partial charge in [-0.1, -0.05) is 19.1 Å². The van der Waals surface area contributed by atoms with Gasteiger partial charge >= 0.3 is 0 Å². The van der Waals surface area contributed by atoms with E-state index in [0.29, 0.717) is 18.9 Å². The maximum absolute atomic E-state index is 13.4. The van der Waals surface area contributed by atoms with Gasteiger partial charge in [-0.05, 0) is 37.4 Å². The Morgan fingerprint density at radius 2 is 2.24 bits per heavy atom. The van der Waals surface area contributed by atoms with Crippen molar-refractivity contribution in [2.45, 2.75) is 26.7 Å². The Morgan fingerprint density at radius 3 is 2.82 bits per heavy atom. The first kappa shape index (κ1) is 13.6. The first-order valence-electron chi connectivity index (χ1n) is 5.79. The van der Waals surface area contributed by atoms with Crippen LogP contribution >= 0.6 is 0 Å². The highest BCUT2D eigenvalue weighted by Gasteiger charge is 2.10. The predicted octanol–water partition coefficient (Wildman–Crippen LogP) is 2.45. The van der Waals surface area contributed by atoms with Crippen molar-refractivity contribution in [3.05, 3.63) is 29.6 Å². The van der Waals surface area contributed by atoms with Crippen LogP contribution in [0.4, 0.5) is 10.1 Å². The lowest BCUT2D eigenvalue weighted by Crippen LogP contribution is -2.17. The number of nitrogens with one attached hydrogen (secondary N) is 1. The highest BCUT2D eigenvalue weighted by atomic mass is 19.1. The molecule has 0 fully saturated rings. The van der Waals surface area contributed by atoms with E-state index in [2.05, 4.69) is 5.32 Å². The van der Waals surface area contributed by atoms with Gasteiger partial charge < -0.3 is 11.1 Å². The van der Waals surface area contributed by atoms with Crippen LogP contribution in [-0.2, 0) is 4.79 Å². The molecule has 1 aromatic carbocycles. The summed E-state index contributed by atoms with van der Waals surface area (Å²) in [5, 5.41) is 2.60. The minimum absolute atomic E-state index is 0.168. The van der Waals surface area contributed by atoms with Crippen LogP contribution in [0.5, 0.6) is 0 Å². The van der Waals surface area contributed by atoms with E-state index in [0.717, 1.165) is 12.0 Å². The third-order valence-electron chi connectivity index (χ3n) is 2.75. The minimum atomic E-state index is -0.398. The number of para-hydroxylation sites is 1. The lowest BCUT2D eigenvalue weighted by molar-refractivity contribution is -0.116. The molecule has 0 saturated carbocycles. The highest BCUT2D eigenvalue weighted by molar-refractivity contribution is 5.91. The average molecular weight is 238 g/mol. The van der Waals surface area contributed by atoms with Crippen LogP contribution in [0.2, 0.25) is 0 Å². The van der Waals surface area contributed by atoms with Crippen molar-refractivity contribution in [1.82, 2.24) is 0 Å². The Labute approximate surface area is 101 Å². The Balaban J connectivity index is 2.56. The quantitative estimate of drug-likeness (QED) is 0.827. The smallest absolute Gasteiger partial charge is 0.224 e. The topological polar surface area (TPSA) is 55.1 Å². The summed E-state index contributed by atoms with van der Waals surface area (Å²) in [7, 11) is 0. The molecule has 0 aliphatic heterocycles. The zero-order valence-corrected chi connectivity index (χ0v) is 10.3. The summed E-state index contributed by atoms with van der Waals surface area (Å²) in [6.45, 7) is 4.31. The maximum atomic E-state index is 13.4. The number of carbonyl (C=O) groups excluding carboxylic acids is 1. The summed E-state index contributed by atoms with van der Waals surface area (Å²) in [4.78, 5) is 11.6. The molecule has 3 nitrogen and oxygen atoms in total. The molecule has 0 heterocycles. The number of amides is 1. The number of hydrogen-bond acceptors (Lipinski definition) is 2. The van der Waals surface area contributed by atoms with Crippen molar-refractivity contribution in [3.63, 3.8) is 0 Å². The predicted molar refractivity (Wildman–Crippen MR) is 67.2 cm³/mol. The molecule has 1 rings (SSSR count). The van der Waals surface area contributed by atoms with E-state index in [1.807, 2.05) is 6.92 Å². The molecule has 4 heteroatoms. The lowest BCUT2D eigenvalue weighted by atomic mass is 10.1. The van der Waals surface area contributed by atoms with E-state index in [9.17, 15) is 9.18 Å². The molecule has 3 N–H and O–H groups in total. The van der Waals surface area contributed by atoms with Crippen LogP contribution in [0.3, 0.4) is 0 Å². The fourth-order valence-electron chi connectivity index (χ4n) is 1.49. The molecule has 94 valence electrons. The lowest BCUT2D eigenvalue weighted by Gasteiger charge is -2.11. The number of rotatable bonds is 5. The Bertz CT molecular complexity index is 373. The fourth-order valence-corrected chi connectivity index (χ4v) is 1.49. The van der Waals surface area contributed by atoms with Gasteiger partial charge in [0.2, 0.25) is 5.91 Å². The Hall–Kier alpha value is -1.42. The second-order valence-corrected chi connectivity index (χ2v) is 4.36. The van der Waals surface area contributed by atoms with Crippen molar-refractivity contribution in [2.75, 3.05) is 11.9 Å². The van der Waals surface area contributed by atoms with Gasteiger partial charge in [-0.15, -0.1) is 0 Å². The molecule has 0 aromatic heterocycles. The molecule has 0 aliphatic rings. The summed E-state index contributed by atoms with van der Waals surface area (Å²) in [6, 6.07) is 4.73. The van der Waals surface area contributed by atoms with Gasteiger partial charge in [-0.25, -0.2) is 4.39 Å². The van der Waals surface area contributed by atoms with Crippen LogP contribution in [0.15, 0.2) is 18.2 Å². The van der Waals surface area contributed by atoms with Gasteiger partial charge in [0.05, 0.1) is 5.69 Å². The second kappa shape index (κ2) is 6.35. The van der Waals surface area contributed by atoms with Gasteiger partial charge in [-0.3, -0.25) is 4.79 Å². The fraction of sp³-hybridized carbons (Fsp3) is 0.462. The van der Waals surface area contributed by atoms with Gasteiger partial charge in [0.1, 0.15) is 5.82 Å². The van der Waals surface area contributed by atoms with E-state index < -0.39 is 5.82 Å². The van der Waals surface area contributed by atoms with Crippen molar-refractivity contribution < 1.29 is 9.18 Å². The summed E-state index contributed by atoms with van der Waals surface area (Å²) >= 11 is 0. The molecule has 0 bridgehead atoms. The van der Waals surface area contributed by atoms with Gasteiger partial charge in [0.15, 0.2) is 0 Å². The number of hydrogen-bond donors (Lipinski definition) is 2. The molecule has 1 amide bonds. The third kappa shape index (κ3) is 4.15. The Kier molecular flexibility index (Phi) is 5.10. The van der Waals surface area contributed by atoms with E-state index in [4.69, 9.17) is 5.73 Å². The zero-order valence-electron chi connectivity index (χ0n) is 10.3. The molecule has 0 spiro atoms. The molecule has 0 saturated heterocycles. The van der Waals surface area contributed by atoms with Crippen LogP contribution in [0.1, 0.15) is 25.3 Å². The molecular weight excluding hydrogens is 219 g/mol. The number of aryl methyl sites for hydroxylation is 1. The highest BCUT2D eigenvalue weighted by Crippen LogP contribution is 2.19. The average Bonchev–Trinajstić information content (AvgIpc) is 2.31. The van der Waals surface area contributed by atoms with Crippen LogP contribution in [-0.4, -0.2) is 12.5 Å². The number of nitrogens with two attached hydrogens (primary N) is 1. The van der Waals surface area contributed by atoms with E-state index in [1.54, 1.807) is 19.1 Å². The number of anilines is 1. The molecule has 1 unspecified atom stereocenters. The number of halogens is 1. The first-order chi connectivity index (χ1) is 8.04. The largest absolute Gasteiger partial charge is 0.330 e. The zero-order chi connectivity index (χ0) is 12.8. The van der Waals surface area contributed by atoms with Crippen LogP contribution in [0.25, 0.3) is 0 Å². The molecule has 17 heavy (non-hydrogen) atoms. The van der Waals surface area contributed by atoms with E-state index in [-0.39, 0.29) is 11.6 Å². The normalized spacial score (nSPS) is 12.2. The first-order valence-corrected chi connectivity index (χ1v) is 5.79. The molecule has 0 radical (unpaired) electrons. The molecular formula is C13H19FN2O. The second-order valence-electron chi connectivity index (χ2n) is 4.36. The van der Waals surface area contributed by atoms with Crippen molar-refractivity contribution >= 4 is 11.6 Å². The third-order valence-corrected chi connectivity index (χ3v) is 2.75. The van der Waals surface area contributed by atoms with E-state index in [1.165, 1.54) is 6.07 Å². The minimum Gasteiger partial charge on any atom is -0.330 e. The molecule has 1 aromatic rings. The van der Waals surface area contributed by atoms with Crippen molar-refractivity contribution in [1.29, 1.82) is 0 Å².